The average molecular weight is 779 g/mol. The molecular weight excluding hydrogens is 730 g/mol. The van der Waals surface area contributed by atoms with Crippen molar-refractivity contribution >= 4 is 89.9 Å². The molecule has 3 aromatic carbocycles. The van der Waals surface area contributed by atoms with E-state index < -0.39 is 0 Å². The predicted octanol–water partition coefficient (Wildman–Crippen LogP) is 9.47. The van der Waals surface area contributed by atoms with E-state index in [0.29, 0.717) is 12.5 Å². The fourth-order valence-corrected chi connectivity index (χ4v) is 9.04. The molecule has 2 aliphatic rings. The lowest BCUT2D eigenvalue weighted by molar-refractivity contribution is 0.237. The van der Waals surface area contributed by atoms with E-state index in [9.17, 15) is 0 Å². The van der Waals surface area contributed by atoms with Gasteiger partial charge in [-0.25, -0.2) is 4.98 Å². The number of aromatic nitrogens is 1. The number of halogens is 2. The molecule has 52 heavy (non-hydrogen) atoms. The van der Waals surface area contributed by atoms with E-state index >= 15 is 0 Å². The smallest absolute Gasteiger partial charge is 0.213 e. The Balaban J connectivity index is 0.00000232. The Kier molecular flexibility index (Phi) is 13.8. The van der Waals surface area contributed by atoms with Crippen molar-refractivity contribution in [3.8, 4) is 11.6 Å². The van der Waals surface area contributed by atoms with Crippen LogP contribution in [0.15, 0.2) is 89.6 Å². The van der Waals surface area contributed by atoms with Crippen LogP contribution in [0, 0.1) is 0 Å². The topological polar surface area (TPSA) is 44.3 Å². The predicted molar refractivity (Wildman–Crippen MR) is 227 cm³/mol. The van der Waals surface area contributed by atoms with E-state index in [4.69, 9.17) is 14.5 Å². The molecule has 5 heterocycles. The van der Waals surface area contributed by atoms with Crippen molar-refractivity contribution in [2.45, 2.75) is 25.7 Å². The summed E-state index contributed by atoms with van der Waals surface area (Å²) in [7, 11) is 0. The lowest BCUT2D eigenvalue weighted by Gasteiger charge is -2.36. The molecule has 6 aromatic rings. The standard InChI is InChI=1S/C41H47N5O2S2.2ClH/c1(17-43-19-23-45(24-20-43)37-7-5-9-39-34(37)15-29-49-39)3-27-47-33-13-11-32-12-14-41(42-36(32)31-33)48-28-4-2-18-44-21-25-46(26-22-44)38-8-6-10-40-35(38)16-30-50-40;;/h5-16,29-31H,1-4,17-28H2;2*1H. The quantitative estimate of drug-likeness (QED) is 0.102. The minimum Gasteiger partial charge on any atom is -0.494 e. The number of hydrogen-bond donors (Lipinski definition) is 0. The number of pyridine rings is 1. The Morgan fingerprint density at radius 2 is 1.10 bits per heavy atom. The van der Waals surface area contributed by atoms with Crippen molar-refractivity contribution in [2.75, 3.05) is 88.5 Å². The molecule has 0 aliphatic carbocycles. The molecule has 2 fully saturated rings. The number of nitrogens with zero attached hydrogens (tertiary/aromatic N) is 5. The lowest BCUT2D eigenvalue weighted by Crippen LogP contribution is -2.46. The van der Waals surface area contributed by atoms with E-state index in [1.165, 1.54) is 31.5 Å². The van der Waals surface area contributed by atoms with Gasteiger partial charge in [0.25, 0.3) is 0 Å². The molecule has 8 rings (SSSR count). The Labute approximate surface area is 327 Å². The Morgan fingerprint density at radius 3 is 1.67 bits per heavy atom. The summed E-state index contributed by atoms with van der Waals surface area (Å²) in [5, 5.41) is 8.29. The molecule has 0 spiro atoms. The third kappa shape index (κ3) is 9.24. The van der Waals surface area contributed by atoms with Crippen molar-refractivity contribution < 1.29 is 9.47 Å². The number of rotatable bonds is 14. The van der Waals surface area contributed by atoms with Crippen molar-refractivity contribution in [1.82, 2.24) is 14.8 Å². The molecule has 276 valence electrons. The van der Waals surface area contributed by atoms with Crippen LogP contribution in [0.4, 0.5) is 11.4 Å². The van der Waals surface area contributed by atoms with Gasteiger partial charge in [0, 0.05) is 101 Å². The summed E-state index contributed by atoms with van der Waals surface area (Å²) in [4.78, 5) is 15.1. The number of hydrogen-bond acceptors (Lipinski definition) is 9. The van der Waals surface area contributed by atoms with Crippen molar-refractivity contribution in [3.05, 3.63) is 89.6 Å². The third-order valence-electron chi connectivity index (χ3n) is 10.3. The highest BCUT2D eigenvalue weighted by Gasteiger charge is 2.20. The highest BCUT2D eigenvalue weighted by atomic mass is 35.5. The van der Waals surface area contributed by atoms with Crippen LogP contribution in [0.5, 0.6) is 11.6 Å². The summed E-state index contributed by atoms with van der Waals surface area (Å²) in [6.45, 7) is 12.5. The first-order valence-electron chi connectivity index (χ1n) is 18.3. The SMILES string of the molecule is Cl.Cl.c1cc(N2CCN(CCCCOc3ccc4ccc(OCCCCN5CCN(c6cccc7sccc67)CC5)nc4c3)CC2)c2ccsc2c1. The molecule has 0 radical (unpaired) electrons. The molecule has 0 saturated carbocycles. The number of fused-ring (bicyclic) bond motifs is 3. The lowest BCUT2D eigenvalue weighted by atomic mass is 10.2. The average Bonchev–Trinajstić information content (AvgIpc) is 3.85. The molecule has 0 atom stereocenters. The maximum absolute atomic E-state index is 6.16. The van der Waals surface area contributed by atoms with Gasteiger partial charge in [-0.15, -0.1) is 47.5 Å². The first-order chi connectivity index (χ1) is 24.8. The molecule has 3 aromatic heterocycles. The van der Waals surface area contributed by atoms with Gasteiger partial charge in [0.1, 0.15) is 5.75 Å². The van der Waals surface area contributed by atoms with Crippen LogP contribution < -0.4 is 19.3 Å². The third-order valence-corrected chi connectivity index (χ3v) is 12.0. The number of piperazine rings is 2. The van der Waals surface area contributed by atoms with Gasteiger partial charge in [0.15, 0.2) is 0 Å². The van der Waals surface area contributed by atoms with Crippen molar-refractivity contribution in [1.29, 1.82) is 0 Å². The van der Waals surface area contributed by atoms with E-state index in [-0.39, 0.29) is 24.8 Å². The summed E-state index contributed by atoms with van der Waals surface area (Å²) in [6.07, 6.45) is 4.35. The largest absolute Gasteiger partial charge is 0.494 e. The van der Waals surface area contributed by atoms with E-state index in [2.05, 4.69) is 97.1 Å². The highest BCUT2D eigenvalue weighted by Crippen LogP contribution is 2.32. The number of ether oxygens (including phenoxy) is 2. The van der Waals surface area contributed by atoms with Gasteiger partial charge in [0.05, 0.1) is 18.7 Å². The molecule has 0 N–H and O–H groups in total. The molecule has 11 heteroatoms. The van der Waals surface area contributed by atoms with E-state index in [0.717, 1.165) is 114 Å². The monoisotopic (exact) mass is 777 g/mol. The maximum Gasteiger partial charge on any atom is 0.213 e. The van der Waals surface area contributed by atoms with Crippen LogP contribution in [0.1, 0.15) is 25.7 Å². The van der Waals surface area contributed by atoms with Gasteiger partial charge in [0.2, 0.25) is 5.88 Å². The Hall–Kier alpha value is -3.31. The van der Waals surface area contributed by atoms with Crippen LogP contribution >= 0.6 is 47.5 Å². The van der Waals surface area contributed by atoms with E-state index in [1.54, 1.807) is 0 Å². The molecule has 7 nitrogen and oxygen atoms in total. The first-order valence-corrected chi connectivity index (χ1v) is 20.1. The number of unbranched alkanes of at least 4 members (excludes halogenated alkanes) is 2. The normalized spacial score (nSPS) is 15.5. The Morgan fingerprint density at radius 1 is 0.558 bits per heavy atom. The van der Waals surface area contributed by atoms with Crippen LogP contribution in [0.3, 0.4) is 0 Å². The van der Waals surface area contributed by atoms with Gasteiger partial charge in [-0.2, -0.15) is 0 Å². The second-order valence-electron chi connectivity index (χ2n) is 13.5. The number of anilines is 2. The molecule has 2 saturated heterocycles. The zero-order valence-electron chi connectivity index (χ0n) is 29.7. The van der Waals surface area contributed by atoms with Gasteiger partial charge >= 0.3 is 0 Å². The zero-order chi connectivity index (χ0) is 33.5. The minimum absolute atomic E-state index is 0. The van der Waals surface area contributed by atoms with Crippen LogP contribution in [-0.2, 0) is 0 Å². The summed E-state index contributed by atoms with van der Waals surface area (Å²) < 4.78 is 15.0. The molecular formula is C41H49Cl2N5O2S2. The van der Waals surface area contributed by atoms with Crippen molar-refractivity contribution in [2.24, 2.45) is 0 Å². The first kappa shape index (κ1) is 38.4. The van der Waals surface area contributed by atoms with Crippen LogP contribution in [0.25, 0.3) is 31.1 Å². The number of thiophene rings is 2. The second-order valence-corrected chi connectivity index (χ2v) is 15.4. The van der Waals surface area contributed by atoms with Gasteiger partial charge in [-0.1, -0.05) is 12.1 Å². The molecule has 0 amide bonds. The van der Waals surface area contributed by atoms with Gasteiger partial charge in [-0.3, -0.25) is 9.80 Å². The molecule has 2 aliphatic heterocycles. The Bertz CT molecular complexity index is 1870. The maximum atomic E-state index is 6.16. The number of benzene rings is 3. The minimum atomic E-state index is 0. The van der Waals surface area contributed by atoms with Gasteiger partial charge < -0.3 is 19.3 Å². The van der Waals surface area contributed by atoms with Crippen LogP contribution in [-0.4, -0.2) is 93.4 Å². The van der Waals surface area contributed by atoms with Crippen molar-refractivity contribution in [3.63, 3.8) is 0 Å². The molecule has 0 bridgehead atoms. The summed E-state index contributed by atoms with van der Waals surface area (Å²) >= 11 is 3.66. The summed E-state index contributed by atoms with van der Waals surface area (Å²) in [5.74, 6) is 1.57. The fourth-order valence-electron chi connectivity index (χ4n) is 7.42. The summed E-state index contributed by atoms with van der Waals surface area (Å²) in [5.41, 5.74) is 3.70. The molecule has 0 unspecified atom stereocenters. The highest BCUT2D eigenvalue weighted by molar-refractivity contribution is 7.17. The summed E-state index contributed by atoms with van der Waals surface area (Å²) in [6, 6.07) is 28.2. The van der Waals surface area contributed by atoms with Crippen LogP contribution in [0.2, 0.25) is 0 Å². The second kappa shape index (κ2) is 18.6. The van der Waals surface area contributed by atoms with Gasteiger partial charge in [-0.05, 0) is 104 Å². The zero-order valence-corrected chi connectivity index (χ0v) is 32.9. The van der Waals surface area contributed by atoms with E-state index in [1.807, 2.05) is 34.8 Å². The fraction of sp³-hybridized carbons (Fsp3) is 0.390.